The number of aliphatic imine (C=N–C) groups is 1. The first-order valence-electron chi connectivity index (χ1n) is 11.7. The molecule has 0 saturated carbocycles. The van der Waals surface area contributed by atoms with Gasteiger partial charge in [0.05, 0.1) is 37.8 Å². The number of halogens is 1. The van der Waals surface area contributed by atoms with Gasteiger partial charge in [0.2, 0.25) is 0 Å². The Labute approximate surface area is 189 Å². The van der Waals surface area contributed by atoms with Crippen LogP contribution >= 0.6 is 0 Å². The Bertz CT molecular complexity index is 861. The van der Waals surface area contributed by atoms with Crippen LogP contribution in [0.2, 0.25) is 0 Å². The number of rotatable bonds is 8. The fourth-order valence-corrected chi connectivity index (χ4v) is 4.36. The molecule has 2 N–H and O–H groups in total. The third-order valence-electron chi connectivity index (χ3n) is 6.04. The number of benzene rings is 1. The number of furan rings is 1. The number of guanidine groups is 1. The van der Waals surface area contributed by atoms with Gasteiger partial charge in [-0.15, -0.1) is 0 Å². The van der Waals surface area contributed by atoms with Gasteiger partial charge in [-0.25, -0.2) is 9.38 Å². The van der Waals surface area contributed by atoms with Crippen molar-refractivity contribution in [3.63, 3.8) is 0 Å². The van der Waals surface area contributed by atoms with Crippen molar-refractivity contribution < 1.29 is 13.5 Å². The molecule has 7 nitrogen and oxygen atoms in total. The molecule has 0 radical (unpaired) electrons. The van der Waals surface area contributed by atoms with Crippen LogP contribution in [0.25, 0.3) is 0 Å². The van der Waals surface area contributed by atoms with Crippen molar-refractivity contribution in [2.75, 3.05) is 57.4 Å². The zero-order valence-electron chi connectivity index (χ0n) is 18.9. The topological polar surface area (TPSA) is 65.3 Å². The first-order valence-corrected chi connectivity index (χ1v) is 11.7. The van der Waals surface area contributed by atoms with Crippen LogP contribution in [0.5, 0.6) is 0 Å². The van der Waals surface area contributed by atoms with Crippen molar-refractivity contribution >= 4 is 11.6 Å². The molecule has 1 aromatic heterocycles. The van der Waals surface area contributed by atoms with E-state index in [1.807, 2.05) is 36.1 Å². The molecule has 1 atom stereocenters. The minimum absolute atomic E-state index is 0.168. The van der Waals surface area contributed by atoms with Gasteiger partial charge in [0.15, 0.2) is 5.96 Å². The summed E-state index contributed by atoms with van der Waals surface area (Å²) in [7, 11) is 0. The standard InChI is InChI=1S/C24H34FN5O2/c1-2-26-24(28-18-22(23-6-5-13-32-23)29-9-3-4-10-29)27-17-19-7-8-21(20(25)16-19)30-11-14-31-15-12-30/h5-8,13,16,22H,2-4,9-12,14-15,17-18H2,1H3,(H2,26,27,28). The lowest BCUT2D eigenvalue weighted by molar-refractivity contribution is 0.122. The number of nitrogens with one attached hydrogen (secondary N) is 2. The van der Waals surface area contributed by atoms with Crippen molar-refractivity contribution in [3.05, 3.63) is 53.7 Å². The monoisotopic (exact) mass is 443 g/mol. The van der Waals surface area contributed by atoms with Crippen molar-refractivity contribution in [1.82, 2.24) is 15.5 Å². The van der Waals surface area contributed by atoms with E-state index in [0.29, 0.717) is 32.0 Å². The largest absolute Gasteiger partial charge is 0.468 e. The van der Waals surface area contributed by atoms with Crippen LogP contribution in [0.4, 0.5) is 10.1 Å². The van der Waals surface area contributed by atoms with E-state index in [2.05, 4.69) is 15.5 Å². The number of morpholine rings is 1. The summed E-state index contributed by atoms with van der Waals surface area (Å²) in [5.41, 5.74) is 1.48. The summed E-state index contributed by atoms with van der Waals surface area (Å²) in [5.74, 6) is 1.49. The number of nitrogens with zero attached hydrogens (tertiary/aromatic N) is 3. The lowest BCUT2D eigenvalue weighted by Crippen LogP contribution is -2.42. The third-order valence-corrected chi connectivity index (χ3v) is 6.04. The van der Waals surface area contributed by atoms with Crippen molar-refractivity contribution in [3.8, 4) is 0 Å². The van der Waals surface area contributed by atoms with Gasteiger partial charge in [0.1, 0.15) is 11.6 Å². The summed E-state index contributed by atoms with van der Waals surface area (Å²) in [6.07, 6.45) is 4.17. The highest BCUT2D eigenvalue weighted by atomic mass is 19.1. The number of anilines is 1. The van der Waals surface area contributed by atoms with E-state index in [4.69, 9.17) is 14.1 Å². The summed E-state index contributed by atoms with van der Waals surface area (Å²) < 4.78 is 25.8. The molecule has 174 valence electrons. The molecule has 2 aromatic rings. The lowest BCUT2D eigenvalue weighted by atomic mass is 10.1. The summed E-state index contributed by atoms with van der Waals surface area (Å²) in [6, 6.07) is 9.54. The van der Waals surface area contributed by atoms with E-state index < -0.39 is 0 Å². The van der Waals surface area contributed by atoms with E-state index in [0.717, 1.165) is 50.0 Å². The van der Waals surface area contributed by atoms with Crippen molar-refractivity contribution in [2.45, 2.75) is 32.4 Å². The van der Waals surface area contributed by atoms with Gasteiger partial charge >= 0.3 is 0 Å². The molecule has 0 spiro atoms. The maximum Gasteiger partial charge on any atom is 0.191 e. The highest BCUT2D eigenvalue weighted by Gasteiger charge is 2.25. The van der Waals surface area contributed by atoms with Crippen LogP contribution in [0.15, 0.2) is 46.0 Å². The predicted octanol–water partition coefficient (Wildman–Crippen LogP) is 3.15. The Morgan fingerprint density at radius 2 is 1.94 bits per heavy atom. The van der Waals surface area contributed by atoms with E-state index in [9.17, 15) is 4.39 Å². The van der Waals surface area contributed by atoms with E-state index in [-0.39, 0.29) is 11.9 Å². The summed E-state index contributed by atoms with van der Waals surface area (Å²) >= 11 is 0. The maximum absolute atomic E-state index is 14.7. The average molecular weight is 444 g/mol. The van der Waals surface area contributed by atoms with Gasteiger partial charge in [-0.3, -0.25) is 4.90 Å². The Hall–Kier alpha value is -2.58. The number of ether oxygens (including phenoxy) is 1. The lowest BCUT2D eigenvalue weighted by Gasteiger charge is -2.29. The first-order chi connectivity index (χ1) is 15.7. The van der Waals surface area contributed by atoms with Crippen LogP contribution < -0.4 is 15.5 Å². The SMILES string of the molecule is CCNC(=NCc1ccc(N2CCOCC2)c(F)c1)NCC(c1ccco1)N1CCCC1. The molecule has 0 aliphatic carbocycles. The molecule has 2 aliphatic heterocycles. The molecule has 0 bridgehead atoms. The molecule has 1 unspecified atom stereocenters. The highest BCUT2D eigenvalue weighted by molar-refractivity contribution is 5.79. The Morgan fingerprint density at radius 1 is 1.12 bits per heavy atom. The fourth-order valence-electron chi connectivity index (χ4n) is 4.36. The number of hydrogen-bond acceptors (Lipinski definition) is 5. The quantitative estimate of drug-likeness (QED) is 0.483. The van der Waals surface area contributed by atoms with Crippen molar-refractivity contribution in [2.24, 2.45) is 4.99 Å². The Balaban J connectivity index is 1.39. The molecular weight excluding hydrogens is 409 g/mol. The zero-order valence-corrected chi connectivity index (χ0v) is 18.9. The van der Waals surface area contributed by atoms with Gasteiger partial charge in [-0.2, -0.15) is 0 Å². The van der Waals surface area contributed by atoms with Gasteiger partial charge in [0, 0.05) is 26.2 Å². The molecule has 2 fully saturated rings. The molecule has 8 heteroatoms. The minimum Gasteiger partial charge on any atom is -0.468 e. The minimum atomic E-state index is -0.204. The molecule has 0 amide bonds. The van der Waals surface area contributed by atoms with Gasteiger partial charge in [-0.1, -0.05) is 6.07 Å². The molecule has 3 heterocycles. The van der Waals surface area contributed by atoms with Crippen LogP contribution in [0, 0.1) is 5.82 Å². The number of hydrogen-bond donors (Lipinski definition) is 2. The van der Waals surface area contributed by atoms with Gasteiger partial charge < -0.3 is 24.7 Å². The zero-order chi connectivity index (χ0) is 22.2. The summed E-state index contributed by atoms with van der Waals surface area (Å²) in [5, 5.41) is 6.75. The summed E-state index contributed by atoms with van der Waals surface area (Å²) in [6.45, 7) is 8.77. The molecule has 1 aromatic carbocycles. The normalized spacial score (nSPS) is 18.7. The second-order valence-corrected chi connectivity index (χ2v) is 8.24. The Morgan fingerprint density at radius 3 is 2.62 bits per heavy atom. The maximum atomic E-state index is 14.7. The second-order valence-electron chi connectivity index (χ2n) is 8.24. The predicted molar refractivity (Wildman–Crippen MR) is 125 cm³/mol. The van der Waals surface area contributed by atoms with E-state index in [1.165, 1.54) is 12.8 Å². The molecule has 2 aliphatic rings. The smallest absolute Gasteiger partial charge is 0.191 e. The number of likely N-dealkylation sites (tertiary alicyclic amines) is 1. The average Bonchev–Trinajstić information content (AvgIpc) is 3.53. The van der Waals surface area contributed by atoms with Gasteiger partial charge in [0.25, 0.3) is 0 Å². The van der Waals surface area contributed by atoms with Crippen LogP contribution in [0.3, 0.4) is 0 Å². The summed E-state index contributed by atoms with van der Waals surface area (Å²) in [4.78, 5) is 9.18. The van der Waals surface area contributed by atoms with Crippen LogP contribution in [-0.2, 0) is 11.3 Å². The first kappa shape index (κ1) is 22.6. The van der Waals surface area contributed by atoms with E-state index >= 15 is 0 Å². The highest BCUT2D eigenvalue weighted by Crippen LogP contribution is 2.25. The van der Waals surface area contributed by atoms with Crippen molar-refractivity contribution in [1.29, 1.82) is 0 Å². The van der Waals surface area contributed by atoms with Crippen LogP contribution in [0.1, 0.15) is 37.1 Å². The van der Waals surface area contributed by atoms with Crippen LogP contribution in [-0.4, -0.2) is 63.3 Å². The fraction of sp³-hybridized carbons (Fsp3) is 0.542. The Kier molecular flexibility index (Phi) is 8.01. The second kappa shape index (κ2) is 11.3. The van der Waals surface area contributed by atoms with E-state index in [1.54, 1.807) is 12.3 Å². The molecule has 32 heavy (non-hydrogen) atoms. The van der Waals surface area contributed by atoms with Gasteiger partial charge in [-0.05, 0) is 62.7 Å². The molecule has 2 saturated heterocycles. The third kappa shape index (κ3) is 5.81. The molecule has 4 rings (SSSR count). The molecular formula is C24H34FN5O2.